The number of hydrogen-bond acceptors (Lipinski definition) is 11. The Balaban J connectivity index is 1.03. The molecule has 0 bridgehead atoms. The molecule has 6 aromatic rings. The van der Waals surface area contributed by atoms with Crippen molar-refractivity contribution in [3.63, 3.8) is 0 Å². The minimum atomic E-state index is -2.20. The molecular weight excluding hydrogens is 634 g/mol. The van der Waals surface area contributed by atoms with Gasteiger partial charge in [0.2, 0.25) is 5.95 Å². The summed E-state index contributed by atoms with van der Waals surface area (Å²) in [6.45, 7) is 5.10. The summed E-state index contributed by atoms with van der Waals surface area (Å²) in [4.78, 5) is 40.0. The second kappa shape index (κ2) is 13.6. The van der Waals surface area contributed by atoms with Crippen LogP contribution in [-0.4, -0.2) is 97.4 Å². The van der Waals surface area contributed by atoms with Crippen molar-refractivity contribution >= 4 is 51.2 Å². The van der Waals surface area contributed by atoms with Crippen molar-refractivity contribution in [2.24, 2.45) is 0 Å². The summed E-state index contributed by atoms with van der Waals surface area (Å²) in [7, 11) is 2.14. The van der Waals surface area contributed by atoms with E-state index in [0.29, 0.717) is 39.7 Å². The van der Waals surface area contributed by atoms with Crippen LogP contribution in [0, 0.1) is 0 Å². The van der Waals surface area contributed by atoms with Gasteiger partial charge in [0.1, 0.15) is 18.0 Å². The molecule has 1 unspecified atom stereocenters. The van der Waals surface area contributed by atoms with Crippen molar-refractivity contribution in [2.45, 2.75) is 6.54 Å². The maximum absolute atomic E-state index is 13.2. The van der Waals surface area contributed by atoms with Gasteiger partial charge in [-0.25, -0.2) is 29.1 Å². The number of hydrogen-bond donors (Lipinski definition) is 5. The summed E-state index contributed by atoms with van der Waals surface area (Å²) in [5.74, 6) is 0.761. The summed E-state index contributed by atoms with van der Waals surface area (Å²) >= 11 is -2.20. The number of anilines is 4. The predicted molar refractivity (Wildman–Crippen MR) is 181 cm³/mol. The number of benzene rings is 1. The number of nitrogens with one attached hydrogen (secondary N) is 4. The van der Waals surface area contributed by atoms with Gasteiger partial charge in [-0.15, -0.1) is 0 Å². The molecule has 5 N–H and O–H groups in total. The lowest BCUT2D eigenvalue weighted by atomic mass is 10.1. The number of piperazine rings is 1. The van der Waals surface area contributed by atoms with Crippen molar-refractivity contribution in [3.05, 3.63) is 91.0 Å². The summed E-state index contributed by atoms with van der Waals surface area (Å²) < 4.78 is 23.9. The van der Waals surface area contributed by atoms with Gasteiger partial charge in [0.15, 0.2) is 11.3 Å². The molecule has 17 heteroatoms. The van der Waals surface area contributed by atoms with Crippen molar-refractivity contribution in [3.8, 4) is 17.1 Å². The topological polar surface area (TPSA) is 195 Å². The van der Waals surface area contributed by atoms with Gasteiger partial charge < -0.3 is 15.5 Å². The maximum atomic E-state index is 13.2. The van der Waals surface area contributed by atoms with Gasteiger partial charge in [0.05, 0.1) is 11.1 Å². The highest BCUT2D eigenvalue weighted by Crippen LogP contribution is 2.27. The van der Waals surface area contributed by atoms with E-state index in [0.717, 1.165) is 38.3 Å². The highest BCUT2D eigenvalue weighted by Gasteiger charge is 2.19. The van der Waals surface area contributed by atoms with E-state index < -0.39 is 11.3 Å². The number of carbonyl (C=O) groups is 1. The molecule has 0 saturated carbocycles. The fourth-order valence-electron chi connectivity index (χ4n) is 5.36. The third kappa shape index (κ3) is 6.88. The van der Waals surface area contributed by atoms with E-state index in [1.54, 1.807) is 47.7 Å². The first kappa shape index (κ1) is 31.0. The van der Waals surface area contributed by atoms with E-state index in [4.69, 9.17) is 4.55 Å². The van der Waals surface area contributed by atoms with E-state index in [1.165, 1.54) is 11.9 Å². The normalized spacial score (nSPS) is 14.5. The SMILES string of the molecule is CN1CCN(Cc2ccc(NC(=O)c3n[nH]cc3Nc3ncnc4c3ccn4-c3ncc(-c4ccc(NS(=O)O)nc4)cn3)cc2)CC1. The number of fused-ring (bicyclic) bond motifs is 1. The lowest BCUT2D eigenvalue weighted by Gasteiger charge is -2.32. The summed E-state index contributed by atoms with van der Waals surface area (Å²) in [6, 6.07) is 13.0. The number of aromatic amines is 1. The second-order valence-electron chi connectivity index (χ2n) is 11.2. The molecule has 0 radical (unpaired) electrons. The first-order valence-electron chi connectivity index (χ1n) is 15.0. The van der Waals surface area contributed by atoms with Crippen LogP contribution < -0.4 is 15.4 Å². The van der Waals surface area contributed by atoms with Crippen LogP contribution in [0.15, 0.2) is 79.8 Å². The molecule has 0 aliphatic carbocycles. The van der Waals surface area contributed by atoms with Crippen molar-refractivity contribution in [1.82, 2.24) is 49.5 Å². The fourth-order valence-corrected chi connectivity index (χ4v) is 5.66. The Morgan fingerprint density at radius 2 is 1.71 bits per heavy atom. The van der Waals surface area contributed by atoms with Crippen LogP contribution in [0.4, 0.5) is 23.0 Å². The lowest BCUT2D eigenvalue weighted by molar-refractivity contribution is 0.102. The van der Waals surface area contributed by atoms with Gasteiger partial charge in [0, 0.05) is 80.5 Å². The molecule has 1 fully saturated rings. The molecule has 48 heavy (non-hydrogen) atoms. The molecule has 6 heterocycles. The molecule has 1 aliphatic rings. The molecule has 5 aromatic heterocycles. The van der Waals surface area contributed by atoms with E-state index in [9.17, 15) is 9.00 Å². The monoisotopic (exact) mass is 665 g/mol. The number of pyridine rings is 1. The Kier molecular flexibility index (Phi) is 8.80. The Hall–Kier alpha value is -5.62. The van der Waals surface area contributed by atoms with E-state index in [2.05, 4.69) is 67.3 Å². The number of carbonyl (C=O) groups excluding carboxylic acids is 1. The van der Waals surface area contributed by atoms with Crippen LogP contribution in [-0.2, 0) is 17.8 Å². The lowest BCUT2D eigenvalue weighted by Crippen LogP contribution is -2.43. The molecule has 0 spiro atoms. The molecule has 1 amide bonds. The molecule has 1 aromatic carbocycles. The average Bonchev–Trinajstić information content (AvgIpc) is 3.75. The van der Waals surface area contributed by atoms with Crippen LogP contribution in [0.2, 0.25) is 0 Å². The van der Waals surface area contributed by atoms with Crippen molar-refractivity contribution < 1.29 is 13.6 Å². The van der Waals surface area contributed by atoms with Gasteiger partial charge in [-0.3, -0.25) is 28.6 Å². The van der Waals surface area contributed by atoms with Gasteiger partial charge >= 0.3 is 0 Å². The third-order valence-electron chi connectivity index (χ3n) is 7.95. The van der Waals surface area contributed by atoms with Gasteiger partial charge in [-0.1, -0.05) is 12.1 Å². The standard InChI is InChI=1S/C31H31N13O3S/c1-42-10-12-43(13-11-42)18-20-2-5-23(6-3-20)38-30(45)27-25(17-37-40-27)39-28-24-8-9-44(29(24)36-19-35-28)31-33-15-22(16-34-31)21-4-7-26(32-14-21)41-48(46)47/h2-9,14-17,19H,10-13,18H2,1H3,(H,32,41)(H,37,40)(H,38,45)(H,46,47)(H,35,36,39). The summed E-state index contributed by atoms with van der Waals surface area (Å²) in [5, 5.41) is 13.8. The van der Waals surface area contributed by atoms with Crippen LogP contribution in [0.5, 0.6) is 0 Å². The maximum Gasteiger partial charge on any atom is 0.278 e. The molecular formula is C31H31N13O3S. The van der Waals surface area contributed by atoms with Crippen LogP contribution >= 0.6 is 0 Å². The summed E-state index contributed by atoms with van der Waals surface area (Å²) in [5.41, 5.74) is 4.51. The Morgan fingerprint density at radius 1 is 0.938 bits per heavy atom. The molecule has 1 aliphatic heterocycles. The smallest absolute Gasteiger partial charge is 0.278 e. The van der Waals surface area contributed by atoms with E-state index in [1.807, 2.05) is 30.3 Å². The number of amides is 1. The number of H-pyrrole nitrogens is 1. The molecule has 7 rings (SSSR count). The van der Waals surface area contributed by atoms with Gasteiger partial charge in [-0.2, -0.15) is 5.10 Å². The molecule has 244 valence electrons. The highest BCUT2D eigenvalue weighted by atomic mass is 32.2. The number of nitrogens with zero attached hydrogens (tertiary/aromatic N) is 9. The average molecular weight is 666 g/mol. The largest absolute Gasteiger partial charge is 0.336 e. The number of aromatic nitrogens is 8. The van der Waals surface area contributed by atoms with Crippen LogP contribution in [0.25, 0.3) is 28.1 Å². The van der Waals surface area contributed by atoms with Crippen LogP contribution in [0.3, 0.4) is 0 Å². The molecule has 16 nitrogen and oxygen atoms in total. The molecule has 1 saturated heterocycles. The van der Waals surface area contributed by atoms with Gasteiger partial charge in [-0.05, 0) is 42.9 Å². The number of rotatable bonds is 10. The Labute approximate surface area is 277 Å². The second-order valence-corrected chi connectivity index (χ2v) is 11.9. The zero-order valence-electron chi connectivity index (χ0n) is 25.7. The first-order chi connectivity index (χ1) is 23.4. The Morgan fingerprint density at radius 3 is 2.44 bits per heavy atom. The zero-order valence-corrected chi connectivity index (χ0v) is 26.6. The van der Waals surface area contributed by atoms with Gasteiger partial charge in [0.25, 0.3) is 17.2 Å². The fraction of sp³-hybridized carbons (Fsp3) is 0.194. The minimum Gasteiger partial charge on any atom is -0.336 e. The quantitative estimate of drug-likeness (QED) is 0.134. The Bertz CT molecular complexity index is 2060. The zero-order chi connectivity index (χ0) is 33.0. The van der Waals surface area contributed by atoms with Crippen molar-refractivity contribution in [1.29, 1.82) is 0 Å². The minimum absolute atomic E-state index is 0.185. The highest BCUT2D eigenvalue weighted by molar-refractivity contribution is 7.80. The number of likely N-dealkylation sites (N-methyl/N-ethyl adjacent to an activating group) is 1. The van der Waals surface area contributed by atoms with Crippen molar-refractivity contribution in [2.75, 3.05) is 48.6 Å². The first-order valence-corrected chi connectivity index (χ1v) is 16.1. The summed E-state index contributed by atoms with van der Waals surface area (Å²) in [6.07, 6.45) is 9.66. The third-order valence-corrected chi connectivity index (χ3v) is 8.33. The van der Waals surface area contributed by atoms with E-state index in [-0.39, 0.29) is 17.4 Å². The van der Waals surface area contributed by atoms with E-state index >= 15 is 0 Å². The molecule has 1 atom stereocenters. The van der Waals surface area contributed by atoms with Crippen LogP contribution in [0.1, 0.15) is 16.1 Å². The predicted octanol–water partition coefficient (Wildman–Crippen LogP) is 3.29.